The van der Waals surface area contributed by atoms with Crippen LogP contribution >= 0.6 is 22.6 Å². The summed E-state index contributed by atoms with van der Waals surface area (Å²) in [7, 11) is 0. The summed E-state index contributed by atoms with van der Waals surface area (Å²) in [6.07, 6.45) is -0.174. The minimum Gasteiger partial charge on any atom is -0.491 e. The van der Waals surface area contributed by atoms with Gasteiger partial charge in [0.25, 0.3) is 0 Å². The van der Waals surface area contributed by atoms with Crippen LogP contribution in [0.3, 0.4) is 0 Å². The largest absolute Gasteiger partial charge is 0.491 e. The predicted octanol–water partition coefficient (Wildman–Crippen LogP) is 4.27. The molecule has 3 rings (SSSR count). The third-order valence-corrected chi connectivity index (χ3v) is 4.65. The highest BCUT2D eigenvalue weighted by Crippen LogP contribution is 2.20. The van der Waals surface area contributed by atoms with Crippen LogP contribution < -0.4 is 4.74 Å². The van der Waals surface area contributed by atoms with Crippen LogP contribution in [0.15, 0.2) is 60.7 Å². The van der Waals surface area contributed by atoms with Crippen LogP contribution in [0, 0.1) is 3.57 Å². The average Bonchev–Trinajstić information content (AvgIpc) is 2.66. The van der Waals surface area contributed by atoms with E-state index >= 15 is 0 Å². The molecule has 5 heteroatoms. The first-order valence-corrected chi connectivity index (χ1v) is 9.24. The Bertz CT molecular complexity index is 948. The van der Waals surface area contributed by atoms with Gasteiger partial charge in [0.15, 0.2) is 11.6 Å². The van der Waals surface area contributed by atoms with Crippen LogP contribution in [0.1, 0.15) is 27.1 Å². The van der Waals surface area contributed by atoms with Gasteiger partial charge in [-0.1, -0.05) is 18.2 Å². The lowest BCUT2D eigenvalue weighted by Crippen LogP contribution is -2.09. The topological polar surface area (TPSA) is 63.6 Å². The van der Waals surface area contributed by atoms with Crippen LogP contribution in [0.25, 0.3) is 10.8 Å². The quantitative estimate of drug-likeness (QED) is 0.325. The molecule has 0 saturated heterocycles. The second-order valence-corrected chi connectivity index (χ2v) is 7.07. The van der Waals surface area contributed by atoms with E-state index in [0.29, 0.717) is 16.9 Å². The van der Waals surface area contributed by atoms with E-state index in [2.05, 4.69) is 28.7 Å². The number of rotatable bonds is 7. The third-order valence-electron chi connectivity index (χ3n) is 3.98. The Hall–Kier alpha value is -2.25. The zero-order valence-electron chi connectivity index (χ0n) is 13.9. The molecule has 3 aromatic rings. The van der Waals surface area contributed by atoms with E-state index < -0.39 is 0 Å². The normalized spacial score (nSPS) is 10.7. The zero-order valence-corrected chi connectivity index (χ0v) is 16.1. The summed E-state index contributed by atoms with van der Waals surface area (Å²) in [6, 6.07) is 18.1. The fourth-order valence-corrected chi connectivity index (χ4v) is 3.16. The first kappa shape index (κ1) is 18.5. The zero-order chi connectivity index (χ0) is 18.5. The number of aliphatic hydroxyl groups excluding tert-OH is 1. The van der Waals surface area contributed by atoms with Crippen molar-refractivity contribution in [1.29, 1.82) is 0 Å². The first-order valence-electron chi connectivity index (χ1n) is 8.16. The highest BCUT2D eigenvalue weighted by Gasteiger charge is 2.14. The van der Waals surface area contributed by atoms with Crippen LogP contribution in [0.4, 0.5) is 0 Å². The molecule has 0 aliphatic carbocycles. The maximum Gasteiger partial charge on any atom is 0.170 e. The van der Waals surface area contributed by atoms with Crippen molar-refractivity contribution in [2.75, 3.05) is 13.2 Å². The molecule has 0 heterocycles. The van der Waals surface area contributed by atoms with Crippen molar-refractivity contribution in [2.24, 2.45) is 0 Å². The Morgan fingerprint density at radius 3 is 2.19 bits per heavy atom. The molecule has 0 aliphatic rings. The lowest BCUT2D eigenvalue weighted by Gasteiger charge is -2.06. The third kappa shape index (κ3) is 4.47. The number of halogens is 1. The SMILES string of the molecule is O=C(CC(=O)c1ccc2cc(I)ccc2c1)c1ccc(OCCO)cc1. The summed E-state index contributed by atoms with van der Waals surface area (Å²) in [5.74, 6) is 0.147. The van der Waals surface area contributed by atoms with Gasteiger partial charge in [0.1, 0.15) is 12.4 Å². The number of fused-ring (bicyclic) bond motifs is 1. The summed E-state index contributed by atoms with van der Waals surface area (Å²) in [4.78, 5) is 24.8. The van der Waals surface area contributed by atoms with Crippen molar-refractivity contribution in [2.45, 2.75) is 6.42 Å². The maximum absolute atomic E-state index is 12.5. The van der Waals surface area contributed by atoms with Crippen molar-refractivity contribution < 1.29 is 19.4 Å². The fourth-order valence-electron chi connectivity index (χ4n) is 2.64. The number of benzene rings is 3. The highest BCUT2D eigenvalue weighted by atomic mass is 127. The maximum atomic E-state index is 12.5. The summed E-state index contributed by atoms with van der Waals surface area (Å²) >= 11 is 2.25. The number of hydrogen-bond donors (Lipinski definition) is 1. The van der Waals surface area contributed by atoms with Gasteiger partial charge in [0, 0.05) is 14.7 Å². The van der Waals surface area contributed by atoms with Gasteiger partial charge < -0.3 is 9.84 Å². The molecular weight excluding hydrogens is 443 g/mol. The summed E-state index contributed by atoms with van der Waals surface area (Å²) < 4.78 is 6.40. The van der Waals surface area contributed by atoms with E-state index in [1.54, 1.807) is 30.3 Å². The molecule has 4 nitrogen and oxygen atoms in total. The molecule has 132 valence electrons. The molecule has 0 atom stereocenters. The van der Waals surface area contributed by atoms with Crippen LogP contribution in [0.5, 0.6) is 5.75 Å². The monoisotopic (exact) mass is 460 g/mol. The standard InChI is InChI=1S/C21H17IO4/c22-18-6-3-15-11-17(2-1-16(15)12-18)21(25)13-20(24)14-4-7-19(8-5-14)26-10-9-23/h1-8,11-12,23H,9-10,13H2. The molecular formula is C21H17IO4. The smallest absolute Gasteiger partial charge is 0.170 e. The van der Waals surface area contributed by atoms with E-state index in [1.807, 2.05) is 24.3 Å². The van der Waals surface area contributed by atoms with Gasteiger partial charge in [-0.05, 0) is 75.8 Å². The Balaban J connectivity index is 1.70. The lowest BCUT2D eigenvalue weighted by molar-refractivity contribution is 0.0894. The van der Waals surface area contributed by atoms with Gasteiger partial charge in [-0.2, -0.15) is 0 Å². The van der Waals surface area contributed by atoms with Gasteiger partial charge in [-0.15, -0.1) is 0 Å². The Morgan fingerprint density at radius 2 is 1.46 bits per heavy atom. The van der Waals surface area contributed by atoms with E-state index in [9.17, 15) is 9.59 Å². The minimum atomic E-state index is -0.230. The summed E-state index contributed by atoms with van der Waals surface area (Å²) in [5.41, 5.74) is 1.000. The fraction of sp³-hybridized carbons (Fsp3) is 0.143. The minimum absolute atomic E-state index is 0.0694. The van der Waals surface area contributed by atoms with E-state index in [-0.39, 0.29) is 31.2 Å². The molecule has 0 aliphatic heterocycles. The molecule has 0 aromatic heterocycles. The van der Waals surface area contributed by atoms with Crippen molar-refractivity contribution in [1.82, 2.24) is 0 Å². The number of hydrogen-bond acceptors (Lipinski definition) is 4. The molecule has 0 bridgehead atoms. The van der Waals surface area contributed by atoms with Crippen molar-refractivity contribution in [3.8, 4) is 5.75 Å². The molecule has 0 amide bonds. The Labute approximate surface area is 164 Å². The van der Waals surface area contributed by atoms with Gasteiger partial charge in [0.05, 0.1) is 13.0 Å². The Morgan fingerprint density at radius 1 is 0.846 bits per heavy atom. The molecule has 1 N–H and O–H groups in total. The van der Waals surface area contributed by atoms with Gasteiger partial charge in [0.2, 0.25) is 0 Å². The number of carbonyl (C=O) groups excluding carboxylic acids is 2. The molecule has 0 radical (unpaired) electrons. The molecule has 0 spiro atoms. The lowest BCUT2D eigenvalue weighted by atomic mass is 9.99. The molecule has 26 heavy (non-hydrogen) atoms. The van der Waals surface area contributed by atoms with Crippen LogP contribution in [0.2, 0.25) is 0 Å². The molecule has 0 saturated carbocycles. The molecule has 0 fully saturated rings. The number of ether oxygens (including phenoxy) is 1. The molecule has 3 aromatic carbocycles. The number of Topliss-reactive ketones (excluding diaryl/α,β-unsaturated/α-hetero) is 2. The number of carbonyl (C=O) groups is 2. The van der Waals surface area contributed by atoms with E-state index in [1.165, 1.54) is 0 Å². The summed E-state index contributed by atoms with van der Waals surface area (Å²) in [5, 5.41) is 10.8. The van der Waals surface area contributed by atoms with Crippen molar-refractivity contribution >= 4 is 44.9 Å². The van der Waals surface area contributed by atoms with E-state index in [0.717, 1.165) is 14.3 Å². The second-order valence-electron chi connectivity index (χ2n) is 5.83. The van der Waals surface area contributed by atoms with Gasteiger partial charge in [-0.3, -0.25) is 9.59 Å². The average molecular weight is 460 g/mol. The highest BCUT2D eigenvalue weighted by molar-refractivity contribution is 14.1. The number of aliphatic hydroxyl groups is 1. The number of ketones is 2. The van der Waals surface area contributed by atoms with E-state index in [4.69, 9.17) is 9.84 Å². The van der Waals surface area contributed by atoms with Crippen molar-refractivity contribution in [3.05, 3.63) is 75.4 Å². The van der Waals surface area contributed by atoms with Gasteiger partial charge >= 0.3 is 0 Å². The molecule has 0 unspecified atom stereocenters. The summed E-state index contributed by atoms with van der Waals surface area (Å²) in [6.45, 7) is 0.132. The second kappa shape index (κ2) is 8.42. The van der Waals surface area contributed by atoms with Crippen LogP contribution in [-0.2, 0) is 0 Å². The predicted molar refractivity (Wildman–Crippen MR) is 109 cm³/mol. The first-order chi connectivity index (χ1) is 12.6. The van der Waals surface area contributed by atoms with Crippen LogP contribution in [-0.4, -0.2) is 29.9 Å². The van der Waals surface area contributed by atoms with Crippen molar-refractivity contribution in [3.63, 3.8) is 0 Å². The van der Waals surface area contributed by atoms with Gasteiger partial charge in [-0.25, -0.2) is 0 Å². The Kier molecular flexibility index (Phi) is 6.00.